The van der Waals surface area contributed by atoms with Gasteiger partial charge in [0.05, 0.1) is 11.3 Å². The fourth-order valence-corrected chi connectivity index (χ4v) is 3.11. The monoisotopic (exact) mass is 255 g/mol. The van der Waals surface area contributed by atoms with E-state index in [-0.39, 0.29) is 5.41 Å². The number of benzene rings is 1. The molecule has 2 aliphatic rings. The van der Waals surface area contributed by atoms with Crippen molar-refractivity contribution >= 4 is 0 Å². The van der Waals surface area contributed by atoms with Crippen LogP contribution in [0.5, 0.6) is 0 Å². The highest BCUT2D eigenvalue weighted by atomic mass is 16.5. The van der Waals surface area contributed by atoms with Gasteiger partial charge in [-0.1, -0.05) is 29.4 Å². The average Bonchev–Trinajstić information content (AvgIpc) is 3.01. The topological polar surface area (TPSA) is 51.0 Å². The molecule has 1 N–H and O–H groups in total. The van der Waals surface area contributed by atoms with Gasteiger partial charge in [-0.25, -0.2) is 0 Å². The lowest BCUT2D eigenvalue weighted by molar-refractivity contribution is 0.303. The first kappa shape index (κ1) is 11.2. The smallest absolute Gasteiger partial charge is 0.233 e. The molecule has 98 valence electrons. The zero-order valence-corrected chi connectivity index (χ0v) is 11.0. The molecular weight excluding hydrogens is 238 g/mol. The number of nitrogens with one attached hydrogen (secondary N) is 1. The summed E-state index contributed by atoms with van der Waals surface area (Å²) in [6, 6.07) is 8.50. The highest BCUT2D eigenvalue weighted by molar-refractivity contribution is 5.43. The van der Waals surface area contributed by atoms with E-state index in [1.165, 1.54) is 11.1 Å². The Morgan fingerprint density at radius 1 is 1.37 bits per heavy atom. The predicted molar refractivity (Wildman–Crippen MR) is 71.1 cm³/mol. The first-order chi connectivity index (χ1) is 9.26. The van der Waals surface area contributed by atoms with Gasteiger partial charge in [0.25, 0.3) is 0 Å². The van der Waals surface area contributed by atoms with Crippen LogP contribution in [0.3, 0.4) is 0 Å². The zero-order valence-electron chi connectivity index (χ0n) is 11.0. The summed E-state index contributed by atoms with van der Waals surface area (Å²) < 4.78 is 5.52. The third kappa shape index (κ3) is 1.63. The average molecular weight is 255 g/mol. The molecule has 2 aromatic rings. The van der Waals surface area contributed by atoms with Crippen molar-refractivity contribution in [2.24, 2.45) is 0 Å². The summed E-state index contributed by atoms with van der Waals surface area (Å²) in [6.45, 7) is 4.15. The van der Waals surface area contributed by atoms with Crippen LogP contribution in [0, 0.1) is 0 Å². The molecule has 0 spiro atoms. The van der Waals surface area contributed by atoms with Gasteiger partial charge in [-0.15, -0.1) is 0 Å². The second-order valence-electron chi connectivity index (χ2n) is 5.90. The van der Waals surface area contributed by atoms with Crippen molar-refractivity contribution in [3.05, 3.63) is 47.1 Å². The lowest BCUT2D eigenvalue weighted by atomic mass is 9.77. The summed E-state index contributed by atoms with van der Waals surface area (Å²) in [5.74, 6) is 1.96. The van der Waals surface area contributed by atoms with Gasteiger partial charge in [-0.3, -0.25) is 0 Å². The van der Waals surface area contributed by atoms with Gasteiger partial charge in [0, 0.05) is 6.54 Å². The normalized spacial score (nSPS) is 29.0. The van der Waals surface area contributed by atoms with E-state index in [9.17, 15) is 0 Å². The Morgan fingerprint density at radius 2 is 2.26 bits per heavy atom. The van der Waals surface area contributed by atoms with Crippen molar-refractivity contribution in [2.45, 2.75) is 31.1 Å². The molecule has 0 saturated carbocycles. The van der Waals surface area contributed by atoms with Gasteiger partial charge in [0.2, 0.25) is 5.89 Å². The molecule has 4 heteroatoms. The molecule has 1 saturated heterocycles. The second-order valence-corrected chi connectivity index (χ2v) is 5.90. The Hall–Kier alpha value is -1.68. The predicted octanol–water partition coefficient (Wildman–Crippen LogP) is 2.01. The van der Waals surface area contributed by atoms with E-state index in [0.29, 0.717) is 5.92 Å². The second kappa shape index (κ2) is 3.90. The van der Waals surface area contributed by atoms with Crippen molar-refractivity contribution in [1.29, 1.82) is 0 Å². The van der Waals surface area contributed by atoms with Crippen LogP contribution in [0.2, 0.25) is 0 Å². The number of rotatable bonds is 2. The van der Waals surface area contributed by atoms with E-state index in [0.717, 1.165) is 37.6 Å². The molecule has 4 rings (SSSR count). The van der Waals surface area contributed by atoms with Gasteiger partial charge in [0.15, 0.2) is 5.82 Å². The van der Waals surface area contributed by atoms with Crippen LogP contribution < -0.4 is 5.32 Å². The molecule has 1 aliphatic heterocycles. The molecule has 2 heterocycles. The summed E-state index contributed by atoms with van der Waals surface area (Å²) in [4.78, 5) is 4.67. The van der Waals surface area contributed by atoms with Gasteiger partial charge in [-0.05, 0) is 37.4 Å². The highest BCUT2D eigenvalue weighted by Gasteiger charge is 2.38. The van der Waals surface area contributed by atoms with Crippen molar-refractivity contribution < 1.29 is 4.52 Å². The minimum atomic E-state index is 0.00845. The minimum Gasteiger partial charge on any atom is -0.339 e. The van der Waals surface area contributed by atoms with Gasteiger partial charge >= 0.3 is 0 Å². The molecule has 1 fully saturated rings. The maximum atomic E-state index is 5.52. The largest absolute Gasteiger partial charge is 0.339 e. The number of fused-ring (bicyclic) bond motifs is 1. The van der Waals surface area contributed by atoms with Gasteiger partial charge in [-0.2, -0.15) is 4.98 Å². The van der Waals surface area contributed by atoms with Crippen LogP contribution in [0.4, 0.5) is 0 Å². The zero-order chi connectivity index (χ0) is 12.9. The number of hydrogen-bond donors (Lipinski definition) is 1. The molecule has 19 heavy (non-hydrogen) atoms. The molecule has 2 unspecified atom stereocenters. The molecule has 0 radical (unpaired) electrons. The maximum Gasteiger partial charge on any atom is 0.233 e. The standard InChI is InChI=1S/C15H17N3O/c1-15(6-7-16-9-15)14-17-13(18-19-14)12-8-10-4-2-3-5-11(10)12/h2-5,12,16H,6-9H2,1H3. The molecule has 1 aliphatic carbocycles. The van der Waals surface area contributed by atoms with E-state index in [1.54, 1.807) is 0 Å². The lowest BCUT2D eigenvalue weighted by Crippen LogP contribution is -2.25. The fraction of sp³-hybridized carbons (Fsp3) is 0.467. The van der Waals surface area contributed by atoms with E-state index in [2.05, 4.69) is 46.6 Å². The molecule has 4 nitrogen and oxygen atoms in total. The lowest BCUT2D eigenvalue weighted by Gasteiger charge is -2.27. The van der Waals surface area contributed by atoms with Crippen molar-refractivity contribution in [3.63, 3.8) is 0 Å². The van der Waals surface area contributed by atoms with Gasteiger partial charge < -0.3 is 9.84 Å². The van der Waals surface area contributed by atoms with Crippen LogP contribution in [0.1, 0.15) is 42.1 Å². The quantitative estimate of drug-likeness (QED) is 0.892. The summed E-state index contributed by atoms with van der Waals surface area (Å²) in [5.41, 5.74) is 2.77. The molecular formula is C15H17N3O. The third-order valence-corrected chi connectivity index (χ3v) is 4.49. The van der Waals surface area contributed by atoms with E-state index in [4.69, 9.17) is 4.52 Å². The molecule has 1 aromatic carbocycles. The molecule has 1 aromatic heterocycles. The summed E-state index contributed by atoms with van der Waals surface area (Å²) >= 11 is 0. The van der Waals surface area contributed by atoms with Gasteiger partial charge in [0.1, 0.15) is 0 Å². The highest BCUT2D eigenvalue weighted by Crippen LogP contribution is 2.39. The first-order valence-electron chi connectivity index (χ1n) is 6.89. The van der Waals surface area contributed by atoms with E-state index in [1.807, 2.05) is 0 Å². The van der Waals surface area contributed by atoms with Crippen LogP contribution >= 0.6 is 0 Å². The summed E-state index contributed by atoms with van der Waals surface area (Å²) in [5, 5.41) is 7.58. The first-order valence-corrected chi connectivity index (χ1v) is 6.89. The molecule has 2 atom stereocenters. The SMILES string of the molecule is CC1(c2nc(C3Cc4ccccc43)no2)CCNC1. The minimum absolute atomic E-state index is 0.00845. The van der Waals surface area contributed by atoms with Crippen molar-refractivity contribution in [3.8, 4) is 0 Å². The number of nitrogens with zero attached hydrogens (tertiary/aromatic N) is 2. The Labute approximate surface area is 112 Å². The van der Waals surface area contributed by atoms with Crippen LogP contribution in [-0.2, 0) is 11.8 Å². The molecule has 0 amide bonds. The van der Waals surface area contributed by atoms with Crippen molar-refractivity contribution in [2.75, 3.05) is 13.1 Å². The molecule has 0 bridgehead atoms. The van der Waals surface area contributed by atoms with Crippen LogP contribution in [0.25, 0.3) is 0 Å². The van der Waals surface area contributed by atoms with Crippen molar-refractivity contribution in [1.82, 2.24) is 15.5 Å². The Balaban J connectivity index is 1.63. The summed E-state index contributed by atoms with van der Waals surface area (Å²) in [7, 11) is 0. The fourth-order valence-electron chi connectivity index (χ4n) is 3.11. The van der Waals surface area contributed by atoms with E-state index >= 15 is 0 Å². The third-order valence-electron chi connectivity index (χ3n) is 4.49. The number of aromatic nitrogens is 2. The Bertz CT molecular complexity index is 613. The van der Waals surface area contributed by atoms with Crippen LogP contribution in [-0.4, -0.2) is 23.2 Å². The summed E-state index contributed by atoms with van der Waals surface area (Å²) in [6.07, 6.45) is 2.10. The Kier molecular flexibility index (Phi) is 2.30. The van der Waals surface area contributed by atoms with Crippen LogP contribution in [0.15, 0.2) is 28.8 Å². The maximum absolute atomic E-state index is 5.52. The number of hydrogen-bond acceptors (Lipinski definition) is 4. The van der Waals surface area contributed by atoms with E-state index < -0.39 is 0 Å². The Morgan fingerprint density at radius 3 is 3.05 bits per heavy atom.